The molecule has 0 radical (unpaired) electrons. The Labute approximate surface area is 149 Å². The highest BCUT2D eigenvalue weighted by molar-refractivity contribution is 6.03. The van der Waals surface area contributed by atoms with Crippen LogP contribution in [0.3, 0.4) is 0 Å². The van der Waals surface area contributed by atoms with E-state index in [4.69, 9.17) is 0 Å². The third-order valence-corrected chi connectivity index (χ3v) is 3.45. The predicted molar refractivity (Wildman–Crippen MR) is 94.0 cm³/mol. The van der Waals surface area contributed by atoms with E-state index in [1.165, 1.54) is 30.3 Å². The van der Waals surface area contributed by atoms with Gasteiger partial charge in [0, 0.05) is 11.9 Å². The number of hydrogen-bond acceptors (Lipinski definition) is 4. The minimum atomic E-state index is -0.532. The Kier molecular flexibility index (Phi) is 5.28. The monoisotopic (exact) mass is 350 g/mol. The molecule has 26 heavy (non-hydrogen) atoms. The number of amides is 2. The molecular formula is C19H15FN4O2. The molecule has 0 bridgehead atoms. The van der Waals surface area contributed by atoms with Gasteiger partial charge in [0.15, 0.2) is 0 Å². The van der Waals surface area contributed by atoms with E-state index in [2.05, 4.69) is 20.6 Å². The molecule has 0 unspecified atom stereocenters. The van der Waals surface area contributed by atoms with Crippen LogP contribution in [0.25, 0.3) is 0 Å². The maximum absolute atomic E-state index is 13.2. The van der Waals surface area contributed by atoms with Crippen LogP contribution in [0.1, 0.15) is 26.7 Å². The first-order chi connectivity index (χ1) is 12.6. The predicted octanol–water partition coefficient (Wildman–Crippen LogP) is 2.80. The van der Waals surface area contributed by atoms with Crippen LogP contribution in [0.4, 0.5) is 10.1 Å². The number of nitrogens with one attached hydrogen (secondary N) is 2. The smallest absolute Gasteiger partial charge is 0.274 e. The van der Waals surface area contributed by atoms with Crippen LogP contribution in [0, 0.1) is 5.82 Å². The lowest BCUT2D eigenvalue weighted by Crippen LogP contribution is -2.25. The Hall–Kier alpha value is -3.61. The van der Waals surface area contributed by atoms with Crippen molar-refractivity contribution in [2.75, 3.05) is 5.32 Å². The second-order valence-electron chi connectivity index (χ2n) is 5.38. The summed E-state index contributed by atoms with van der Waals surface area (Å²) in [5, 5.41) is 5.23. The summed E-state index contributed by atoms with van der Waals surface area (Å²) in [6, 6.07) is 15.5. The number of anilines is 1. The highest BCUT2D eigenvalue weighted by atomic mass is 19.1. The van der Waals surface area contributed by atoms with E-state index < -0.39 is 17.6 Å². The Balaban J connectivity index is 1.67. The van der Waals surface area contributed by atoms with Crippen molar-refractivity contribution in [2.45, 2.75) is 6.54 Å². The van der Waals surface area contributed by atoms with Gasteiger partial charge in [0.2, 0.25) is 0 Å². The number of pyridine rings is 2. The van der Waals surface area contributed by atoms with Gasteiger partial charge in [0.1, 0.15) is 17.2 Å². The summed E-state index contributed by atoms with van der Waals surface area (Å²) in [6.07, 6.45) is 1.64. The third-order valence-electron chi connectivity index (χ3n) is 3.45. The summed E-state index contributed by atoms with van der Waals surface area (Å²) < 4.78 is 13.2. The highest BCUT2D eigenvalue weighted by Gasteiger charge is 2.13. The standard InChI is InChI=1S/C19H15FN4O2/c20-13-5-3-7-14(11-13)23-19(26)17-9-4-8-16(24-17)18(25)22-12-15-6-1-2-10-21-15/h1-11H,12H2,(H,22,25)(H,23,26). The number of carbonyl (C=O) groups is 2. The van der Waals surface area contributed by atoms with Gasteiger partial charge in [-0.2, -0.15) is 0 Å². The molecule has 0 fully saturated rings. The number of nitrogens with zero attached hydrogens (tertiary/aromatic N) is 2. The SMILES string of the molecule is O=C(NCc1ccccn1)c1cccc(C(=O)Nc2cccc(F)c2)n1. The number of halogens is 1. The van der Waals surface area contributed by atoms with Gasteiger partial charge in [0.25, 0.3) is 11.8 Å². The van der Waals surface area contributed by atoms with Gasteiger partial charge >= 0.3 is 0 Å². The minimum Gasteiger partial charge on any atom is -0.345 e. The Morgan fingerprint density at radius 3 is 2.42 bits per heavy atom. The molecule has 6 nitrogen and oxygen atoms in total. The summed E-state index contributed by atoms with van der Waals surface area (Å²) in [5.41, 5.74) is 1.18. The maximum Gasteiger partial charge on any atom is 0.274 e. The van der Waals surface area contributed by atoms with Crippen LogP contribution >= 0.6 is 0 Å². The van der Waals surface area contributed by atoms with Crippen LogP contribution in [0.5, 0.6) is 0 Å². The fraction of sp³-hybridized carbons (Fsp3) is 0.0526. The Bertz CT molecular complexity index is 932. The highest BCUT2D eigenvalue weighted by Crippen LogP contribution is 2.11. The average molecular weight is 350 g/mol. The van der Waals surface area contributed by atoms with E-state index in [9.17, 15) is 14.0 Å². The lowest BCUT2D eigenvalue weighted by Gasteiger charge is -2.07. The van der Waals surface area contributed by atoms with Gasteiger partial charge in [-0.1, -0.05) is 18.2 Å². The van der Waals surface area contributed by atoms with E-state index in [0.29, 0.717) is 11.4 Å². The van der Waals surface area contributed by atoms with Crippen molar-refractivity contribution in [3.05, 3.63) is 89.8 Å². The normalized spacial score (nSPS) is 10.2. The van der Waals surface area contributed by atoms with E-state index in [1.807, 2.05) is 6.07 Å². The van der Waals surface area contributed by atoms with Crippen molar-refractivity contribution < 1.29 is 14.0 Å². The largest absolute Gasteiger partial charge is 0.345 e. The average Bonchev–Trinajstić information content (AvgIpc) is 2.67. The number of rotatable bonds is 5. The maximum atomic E-state index is 13.2. The van der Waals surface area contributed by atoms with Crippen molar-refractivity contribution in [3.8, 4) is 0 Å². The second-order valence-corrected chi connectivity index (χ2v) is 5.38. The number of aromatic nitrogens is 2. The molecule has 1 aromatic carbocycles. The van der Waals surface area contributed by atoms with Crippen molar-refractivity contribution in [1.82, 2.24) is 15.3 Å². The zero-order valence-corrected chi connectivity index (χ0v) is 13.6. The summed E-state index contributed by atoms with van der Waals surface area (Å²) in [5.74, 6) is -1.41. The van der Waals surface area contributed by atoms with Crippen molar-refractivity contribution >= 4 is 17.5 Å². The fourth-order valence-corrected chi connectivity index (χ4v) is 2.21. The number of hydrogen-bond donors (Lipinski definition) is 2. The van der Waals surface area contributed by atoms with E-state index in [1.54, 1.807) is 30.5 Å². The molecule has 2 N–H and O–H groups in total. The second kappa shape index (κ2) is 7.98. The van der Waals surface area contributed by atoms with E-state index >= 15 is 0 Å². The molecule has 2 aromatic heterocycles. The molecule has 3 rings (SSSR count). The molecule has 0 saturated heterocycles. The molecule has 0 aliphatic heterocycles. The van der Waals surface area contributed by atoms with Crippen molar-refractivity contribution in [1.29, 1.82) is 0 Å². The van der Waals surface area contributed by atoms with Gasteiger partial charge in [-0.3, -0.25) is 14.6 Å². The van der Waals surface area contributed by atoms with Gasteiger partial charge in [0.05, 0.1) is 12.2 Å². The Morgan fingerprint density at radius 2 is 1.69 bits per heavy atom. The lowest BCUT2D eigenvalue weighted by atomic mass is 10.2. The first kappa shape index (κ1) is 17.2. The van der Waals surface area contributed by atoms with Gasteiger partial charge in [-0.25, -0.2) is 9.37 Å². The van der Waals surface area contributed by atoms with Gasteiger partial charge in [-0.05, 0) is 42.5 Å². The first-order valence-corrected chi connectivity index (χ1v) is 7.84. The zero-order valence-electron chi connectivity index (χ0n) is 13.6. The molecule has 0 spiro atoms. The van der Waals surface area contributed by atoms with Crippen molar-refractivity contribution in [2.24, 2.45) is 0 Å². The molecular weight excluding hydrogens is 335 g/mol. The molecule has 0 saturated carbocycles. The zero-order chi connectivity index (χ0) is 18.4. The lowest BCUT2D eigenvalue weighted by molar-refractivity contribution is 0.0945. The fourth-order valence-electron chi connectivity index (χ4n) is 2.21. The Morgan fingerprint density at radius 1 is 0.923 bits per heavy atom. The number of benzene rings is 1. The third kappa shape index (κ3) is 4.47. The molecule has 0 aliphatic carbocycles. The van der Waals surface area contributed by atoms with Crippen LogP contribution in [0.2, 0.25) is 0 Å². The molecule has 0 aliphatic rings. The van der Waals surface area contributed by atoms with Gasteiger partial charge in [-0.15, -0.1) is 0 Å². The summed E-state index contributed by atoms with van der Waals surface area (Å²) in [4.78, 5) is 32.6. The molecule has 2 amide bonds. The van der Waals surface area contributed by atoms with Crippen LogP contribution in [0.15, 0.2) is 66.9 Å². The van der Waals surface area contributed by atoms with Crippen LogP contribution < -0.4 is 10.6 Å². The molecule has 7 heteroatoms. The van der Waals surface area contributed by atoms with E-state index in [0.717, 1.165) is 0 Å². The van der Waals surface area contributed by atoms with Crippen LogP contribution in [-0.2, 0) is 6.54 Å². The quantitative estimate of drug-likeness (QED) is 0.741. The summed E-state index contributed by atoms with van der Waals surface area (Å²) in [6.45, 7) is 0.251. The van der Waals surface area contributed by atoms with Gasteiger partial charge < -0.3 is 10.6 Å². The molecule has 3 aromatic rings. The molecule has 0 atom stereocenters. The van der Waals surface area contributed by atoms with Crippen molar-refractivity contribution in [3.63, 3.8) is 0 Å². The minimum absolute atomic E-state index is 0.0553. The van der Waals surface area contributed by atoms with Crippen LogP contribution in [-0.4, -0.2) is 21.8 Å². The molecule has 2 heterocycles. The number of carbonyl (C=O) groups excluding carboxylic acids is 2. The van der Waals surface area contributed by atoms with E-state index in [-0.39, 0.29) is 17.9 Å². The summed E-state index contributed by atoms with van der Waals surface area (Å²) in [7, 11) is 0. The first-order valence-electron chi connectivity index (χ1n) is 7.84. The summed E-state index contributed by atoms with van der Waals surface area (Å²) >= 11 is 0. The topological polar surface area (TPSA) is 84.0 Å². The molecule has 130 valence electrons.